The average molecular weight is 288 g/mol. The lowest BCUT2D eigenvalue weighted by molar-refractivity contribution is -0.137. The van der Waals surface area contributed by atoms with Gasteiger partial charge in [-0.3, -0.25) is 9.59 Å². The van der Waals surface area contributed by atoms with Gasteiger partial charge >= 0.3 is 5.97 Å². The van der Waals surface area contributed by atoms with Gasteiger partial charge in [0.15, 0.2) is 0 Å². The molecular formula is C13H15ClFNO3. The third kappa shape index (κ3) is 4.52. The lowest BCUT2D eigenvalue weighted by Crippen LogP contribution is -2.44. The first kappa shape index (κ1) is 15.4. The summed E-state index contributed by atoms with van der Waals surface area (Å²) >= 11 is 5.79. The van der Waals surface area contributed by atoms with Gasteiger partial charge in [-0.25, -0.2) is 4.39 Å². The van der Waals surface area contributed by atoms with Crippen LogP contribution in [-0.2, 0) is 4.79 Å². The molecule has 0 fully saturated rings. The summed E-state index contributed by atoms with van der Waals surface area (Å²) in [7, 11) is 0. The number of hydrogen-bond donors (Lipinski definition) is 2. The highest BCUT2D eigenvalue weighted by molar-refractivity contribution is 6.33. The molecule has 0 saturated carbocycles. The summed E-state index contributed by atoms with van der Waals surface area (Å²) in [5, 5.41) is 11.2. The van der Waals surface area contributed by atoms with E-state index in [1.54, 1.807) is 13.8 Å². The Hall–Kier alpha value is -1.62. The lowest BCUT2D eigenvalue weighted by atomic mass is 9.97. The van der Waals surface area contributed by atoms with E-state index in [1.165, 1.54) is 12.1 Å². The molecule has 19 heavy (non-hydrogen) atoms. The van der Waals surface area contributed by atoms with Crippen LogP contribution in [0.25, 0.3) is 0 Å². The van der Waals surface area contributed by atoms with Crippen molar-refractivity contribution in [1.82, 2.24) is 5.32 Å². The molecule has 0 heterocycles. The molecule has 0 aliphatic carbocycles. The van der Waals surface area contributed by atoms with Crippen molar-refractivity contribution in [3.05, 3.63) is 34.6 Å². The molecule has 0 bridgehead atoms. The van der Waals surface area contributed by atoms with E-state index in [4.69, 9.17) is 16.7 Å². The maximum atomic E-state index is 13.6. The van der Waals surface area contributed by atoms with Crippen LogP contribution in [0.1, 0.15) is 37.0 Å². The third-order valence-corrected chi connectivity index (χ3v) is 2.92. The van der Waals surface area contributed by atoms with Gasteiger partial charge in [0.2, 0.25) is 0 Å². The Kier molecular flexibility index (Phi) is 4.89. The molecule has 104 valence electrons. The summed E-state index contributed by atoms with van der Waals surface area (Å²) in [6.07, 6.45) is 0.151. The van der Waals surface area contributed by atoms with Gasteiger partial charge in [-0.2, -0.15) is 0 Å². The number of carboxylic acid groups (broad SMARTS) is 1. The van der Waals surface area contributed by atoms with Crippen LogP contribution in [0.5, 0.6) is 0 Å². The van der Waals surface area contributed by atoms with Gasteiger partial charge in [0.05, 0.1) is 10.6 Å². The lowest BCUT2D eigenvalue weighted by Gasteiger charge is -2.26. The number of halogens is 2. The zero-order valence-corrected chi connectivity index (χ0v) is 11.4. The van der Waals surface area contributed by atoms with Crippen LogP contribution >= 0.6 is 11.6 Å². The summed E-state index contributed by atoms with van der Waals surface area (Å²) < 4.78 is 13.6. The van der Waals surface area contributed by atoms with Crippen LogP contribution in [0.3, 0.4) is 0 Å². The average Bonchev–Trinajstić information content (AvgIpc) is 2.25. The fourth-order valence-corrected chi connectivity index (χ4v) is 1.82. The Bertz CT molecular complexity index is 482. The quantitative estimate of drug-likeness (QED) is 0.875. The predicted octanol–water partition coefficient (Wildman–Crippen LogP) is 2.85. The molecule has 0 saturated heterocycles. The van der Waals surface area contributed by atoms with Crippen LogP contribution in [0.15, 0.2) is 18.2 Å². The molecule has 1 rings (SSSR count). The minimum absolute atomic E-state index is 0.0199. The van der Waals surface area contributed by atoms with Crippen LogP contribution in [0.2, 0.25) is 5.02 Å². The molecule has 0 aromatic heterocycles. The van der Waals surface area contributed by atoms with Gasteiger partial charge in [0.1, 0.15) is 5.82 Å². The SMILES string of the molecule is CC(C)(CCC(=O)O)NC(=O)c1c(F)cccc1Cl. The zero-order chi connectivity index (χ0) is 14.6. The van der Waals surface area contributed by atoms with Crippen molar-refractivity contribution in [1.29, 1.82) is 0 Å². The van der Waals surface area contributed by atoms with Gasteiger partial charge < -0.3 is 10.4 Å². The number of hydrogen-bond acceptors (Lipinski definition) is 2. The molecule has 0 radical (unpaired) electrons. The molecule has 1 aromatic carbocycles. The van der Waals surface area contributed by atoms with Gasteiger partial charge in [-0.05, 0) is 32.4 Å². The number of amides is 1. The second-order valence-electron chi connectivity index (χ2n) is 4.83. The van der Waals surface area contributed by atoms with E-state index in [0.29, 0.717) is 0 Å². The van der Waals surface area contributed by atoms with E-state index in [9.17, 15) is 14.0 Å². The van der Waals surface area contributed by atoms with Crippen molar-refractivity contribution in [2.24, 2.45) is 0 Å². The van der Waals surface area contributed by atoms with Crippen molar-refractivity contribution in [2.45, 2.75) is 32.2 Å². The molecule has 0 atom stereocenters. The number of benzene rings is 1. The minimum atomic E-state index is -0.953. The van der Waals surface area contributed by atoms with Crippen molar-refractivity contribution < 1.29 is 19.1 Å². The van der Waals surface area contributed by atoms with Gasteiger partial charge in [-0.1, -0.05) is 17.7 Å². The molecule has 1 amide bonds. The Morgan fingerprint density at radius 3 is 2.58 bits per heavy atom. The van der Waals surface area contributed by atoms with Crippen LogP contribution in [-0.4, -0.2) is 22.5 Å². The molecule has 4 nitrogen and oxygen atoms in total. The third-order valence-electron chi connectivity index (χ3n) is 2.61. The first-order valence-electron chi connectivity index (χ1n) is 5.71. The van der Waals surface area contributed by atoms with Gasteiger partial charge in [-0.15, -0.1) is 0 Å². The summed E-state index contributed by atoms with van der Waals surface area (Å²) in [5.74, 6) is -2.32. The second kappa shape index (κ2) is 6.02. The zero-order valence-electron chi connectivity index (χ0n) is 10.7. The Labute approximate surface area is 115 Å². The largest absolute Gasteiger partial charge is 0.481 e. The predicted molar refractivity (Wildman–Crippen MR) is 69.8 cm³/mol. The topological polar surface area (TPSA) is 66.4 Å². The summed E-state index contributed by atoms with van der Waals surface area (Å²) in [5.41, 5.74) is -0.992. The Morgan fingerprint density at radius 1 is 1.42 bits per heavy atom. The van der Waals surface area contributed by atoms with E-state index in [1.807, 2.05) is 0 Å². The van der Waals surface area contributed by atoms with E-state index >= 15 is 0 Å². The normalized spacial score (nSPS) is 11.2. The fourth-order valence-electron chi connectivity index (χ4n) is 1.57. The highest BCUT2D eigenvalue weighted by Gasteiger charge is 2.25. The van der Waals surface area contributed by atoms with Crippen molar-refractivity contribution in [2.75, 3.05) is 0 Å². The maximum absolute atomic E-state index is 13.6. The van der Waals surface area contributed by atoms with Crippen LogP contribution in [0.4, 0.5) is 4.39 Å². The van der Waals surface area contributed by atoms with E-state index < -0.39 is 23.2 Å². The molecular weight excluding hydrogens is 273 g/mol. The number of rotatable bonds is 5. The van der Waals surface area contributed by atoms with E-state index in [0.717, 1.165) is 6.07 Å². The monoisotopic (exact) mass is 287 g/mol. The number of carbonyl (C=O) groups excluding carboxylic acids is 1. The Balaban J connectivity index is 2.82. The van der Waals surface area contributed by atoms with Crippen molar-refractivity contribution in [3.8, 4) is 0 Å². The summed E-state index contributed by atoms with van der Waals surface area (Å²) in [6, 6.07) is 3.97. The summed E-state index contributed by atoms with van der Waals surface area (Å²) in [6.45, 7) is 3.34. The van der Waals surface area contributed by atoms with E-state index in [-0.39, 0.29) is 23.4 Å². The maximum Gasteiger partial charge on any atom is 0.303 e. The molecule has 0 spiro atoms. The summed E-state index contributed by atoms with van der Waals surface area (Å²) in [4.78, 5) is 22.5. The number of nitrogens with one attached hydrogen (secondary N) is 1. The van der Waals surface area contributed by atoms with E-state index in [2.05, 4.69) is 5.32 Å². The Morgan fingerprint density at radius 2 is 2.05 bits per heavy atom. The first-order valence-corrected chi connectivity index (χ1v) is 6.09. The standard InChI is InChI=1S/C13H15ClFNO3/c1-13(2,7-6-10(17)18)16-12(19)11-8(14)4-3-5-9(11)15/h3-5H,6-7H2,1-2H3,(H,16,19)(H,17,18). The van der Waals surface area contributed by atoms with Crippen LogP contribution in [0, 0.1) is 5.82 Å². The molecule has 0 unspecified atom stereocenters. The van der Waals surface area contributed by atoms with Crippen molar-refractivity contribution >= 4 is 23.5 Å². The highest BCUT2D eigenvalue weighted by atomic mass is 35.5. The molecule has 6 heteroatoms. The number of aliphatic carboxylic acids is 1. The highest BCUT2D eigenvalue weighted by Crippen LogP contribution is 2.20. The number of carboxylic acids is 1. The van der Waals surface area contributed by atoms with Crippen LogP contribution < -0.4 is 5.32 Å². The fraction of sp³-hybridized carbons (Fsp3) is 0.385. The molecule has 2 N–H and O–H groups in total. The molecule has 1 aromatic rings. The first-order chi connectivity index (χ1) is 8.73. The smallest absolute Gasteiger partial charge is 0.303 e. The molecule has 0 aliphatic rings. The second-order valence-corrected chi connectivity index (χ2v) is 5.24. The molecule has 0 aliphatic heterocycles. The van der Waals surface area contributed by atoms with Gasteiger partial charge in [0.25, 0.3) is 5.91 Å². The van der Waals surface area contributed by atoms with Crippen molar-refractivity contribution in [3.63, 3.8) is 0 Å². The number of carbonyl (C=O) groups is 2. The van der Waals surface area contributed by atoms with Gasteiger partial charge in [0, 0.05) is 12.0 Å². The minimum Gasteiger partial charge on any atom is -0.481 e.